The van der Waals surface area contributed by atoms with E-state index in [-0.39, 0.29) is 18.0 Å². The lowest BCUT2D eigenvalue weighted by atomic mass is 10.0. The predicted octanol–water partition coefficient (Wildman–Crippen LogP) is 3.32. The minimum atomic E-state index is -0.333. The highest BCUT2D eigenvalue weighted by Gasteiger charge is 2.14. The Morgan fingerprint density at radius 2 is 2.00 bits per heavy atom. The molecule has 0 spiro atoms. The molecule has 1 aromatic heterocycles. The van der Waals surface area contributed by atoms with Gasteiger partial charge < -0.3 is 10.1 Å². The minimum absolute atomic E-state index is 0.0914. The largest absolute Gasteiger partial charge is 0.491 e. The molecule has 0 amide bonds. The lowest BCUT2D eigenvalue weighted by Crippen LogP contribution is -2.19. The second-order valence-corrected chi connectivity index (χ2v) is 4.86. The maximum atomic E-state index is 13.0. The molecule has 2 rings (SSSR count). The van der Waals surface area contributed by atoms with E-state index < -0.39 is 0 Å². The normalized spacial score (nSPS) is 12.4. The molecule has 1 N–H and O–H groups in total. The average molecular weight is 274 g/mol. The Bertz CT molecular complexity index is 555. The second-order valence-electron chi connectivity index (χ2n) is 4.86. The Morgan fingerprint density at radius 3 is 2.60 bits per heavy atom. The van der Waals surface area contributed by atoms with Crippen LogP contribution in [-0.4, -0.2) is 18.1 Å². The molecule has 1 aromatic carbocycles. The Kier molecular flexibility index (Phi) is 4.69. The minimum Gasteiger partial charge on any atom is -0.491 e. The van der Waals surface area contributed by atoms with Crippen molar-refractivity contribution < 1.29 is 9.13 Å². The van der Waals surface area contributed by atoms with Crippen LogP contribution < -0.4 is 10.1 Å². The smallest absolute Gasteiger partial charge is 0.141 e. The van der Waals surface area contributed by atoms with Crippen LogP contribution in [0.3, 0.4) is 0 Å². The summed E-state index contributed by atoms with van der Waals surface area (Å²) in [5, 5.41) is 3.19. The summed E-state index contributed by atoms with van der Waals surface area (Å²) in [5.74, 6) is 0.486. The van der Waals surface area contributed by atoms with Gasteiger partial charge in [0.05, 0.1) is 24.0 Å². The summed E-state index contributed by atoms with van der Waals surface area (Å²) >= 11 is 0. The van der Waals surface area contributed by atoms with Crippen LogP contribution in [-0.2, 0) is 0 Å². The maximum Gasteiger partial charge on any atom is 0.141 e. The molecule has 20 heavy (non-hydrogen) atoms. The van der Waals surface area contributed by atoms with E-state index in [9.17, 15) is 4.39 Å². The van der Waals surface area contributed by atoms with Crippen molar-refractivity contribution in [3.05, 3.63) is 59.7 Å². The predicted molar refractivity (Wildman–Crippen MR) is 77.3 cm³/mol. The summed E-state index contributed by atoms with van der Waals surface area (Å²) in [6, 6.07) is 10.9. The number of hydrogen-bond acceptors (Lipinski definition) is 3. The van der Waals surface area contributed by atoms with Gasteiger partial charge in [-0.2, -0.15) is 0 Å². The van der Waals surface area contributed by atoms with E-state index in [1.807, 2.05) is 45.2 Å². The molecule has 0 aliphatic heterocycles. The molecule has 2 aromatic rings. The maximum absolute atomic E-state index is 13.0. The molecule has 0 bridgehead atoms. The number of rotatable bonds is 5. The van der Waals surface area contributed by atoms with E-state index in [1.165, 1.54) is 12.3 Å². The zero-order valence-electron chi connectivity index (χ0n) is 11.9. The van der Waals surface area contributed by atoms with Crippen LogP contribution in [0, 0.1) is 5.82 Å². The molecule has 0 aliphatic carbocycles. The summed E-state index contributed by atoms with van der Waals surface area (Å²) in [4.78, 5) is 4.14. The summed E-state index contributed by atoms with van der Waals surface area (Å²) in [6.45, 7) is 3.98. The van der Waals surface area contributed by atoms with E-state index in [4.69, 9.17) is 4.74 Å². The van der Waals surface area contributed by atoms with Gasteiger partial charge in [0.1, 0.15) is 11.6 Å². The molecule has 0 radical (unpaired) electrons. The Morgan fingerprint density at radius 1 is 1.20 bits per heavy atom. The Labute approximate surface area is 118 Å². The first kappa shape index (κ1) is 14.5. The van der Waals surface area contributed by atoms with Gasteiger partial charge in [-0.1, -0.05) is 12.1 Å². The third-order valence-electron chi connectivity index (χ3n) is 2.90. The first-order chi connectivity index (χ1) is 9.60. The van der Waals surface area contributed by atoms with Crippen molar-refractivity contribution in [2.75, 3.05) is 7.05 Å². The lowest BCUT2D eigenvalue weighted by Gasteiger charge is -2.18. The van der Waals surface area contributed by atoms with Crippen LogP contribution in [0.25, 0.3) is 0 Å². The third-order valence-corrected chi connectivity index (χ3v) is 2.90. The van der Waals surface area contributed by atoms with Crippen molar-refractivity contribution in [3.63, 3.8) is 0 Å². The van der Waals surface area contributed by atoms with Crippen LogP contribution in [0.1, 0.15) is 31.1 Å². The molecule has 1 heterocycles. The zero-order valence-corrected chi connectivity index (χ0v) is 11.9. The topological polar surface area (TPSA) is 34.1 Å². The summed E-state index contributed by atoms with van der Waals surface area (Å²) < 4.78 is 18.7. The number of benzene rings is 1. The molecule has 0 saturated carbocycles. The van der Waals surface area contributed by atoms with E-state index in [0.717, 1.165) is 17.0 Å². The van der Waals surface area contributed by atoms with Crippen LogP contribution >= 0.6 is 0 Å². The van der Waals surface area contributed by atoms with Crippen molar-refractivity contribution in [2.24, 2.45) is 0 Å². The Balaban J connectivity index is 2.29. The van der Waals surface area contributed by atoms with E-state index in [2.05, 4.69) is 10.3 Å². The molecule has 3 nitrogen and oxygen atoms in total. The average Bonchev–Trinajstić information content (AvgIpc) is 2.41. The van der Waals surface area contributed by atoms with Crippen LogP contribution in [0.5, 0.6) is 5.75 Å². The molecule has 0 aliphatic rings. The van der Waals surface area contributed by atoms with Crippen molar-refractivity contribution in [1.82, 2.24) is 10.3 Å². The molecule has 0 saturated heterocycles. The van der Waals surface area contributed by atoms with E-state index in [1.54, 1.807) is 6.07 Å². The quantitative estimate of drug-likeness (QED) is 0.908. The van der Waals surface area contributed by atoms with Gasteiger partial charge in [0.2, 0.25) is 0 Å². The van der Waals surface area contributed by atoms with Gasteiger partial charge in [-0.25, -0.2) is 4.39 Å². The first-order valence-electron chi connectivity index (χ1n) is 6.65. The van der Waals surface area contributed by atoms with Crippen molar-refractivity contribution in [3.8, 4) is 5.75 Å². The SMILES string of the molecule is CNC(c1cccc(OC(C)C)c1)c1ccc(F)cn1. The number of hydrogen-bond donors (Lipinski definition) is 1. The summed E-state index contributed by atoms with van der Waals surface area (Å²) in [7, 11) is 1.85. The van der Waals surface area contributed by atoms with Crippen molar-refractivity contribution in [2.45, 2.75) is 26.0 Å². The number of aromatic nitrogens is 1. The van der Waals surface area contributed by atoms with Crippen molar-refractivity contribution >= 4 is 0 Å². The lowest BCUT2D eigenvalue weighted by molar-refractivity contribution is 0.242. The van der Waals surface area contributed by atoms with Gasteiger partial charge >= 0.3 is 0 Å². The van der Waals surface area contributed by atoms with Gasteiger partial charge in [0.25, 0.3) is 0 Å². The van der Waals surface area contributed by atoms with E-state index in [0.29, 0.717) is 0 Å². The van der Waals surface area contributed by atoms with E-state index >= 15 is 0 Å². The molecule has 4 heteroatoms. The van der Waals surface area contributed by atoms with Gasteiger partial charge in [0.15, 0.2) is 0 Å². The fourth-order valence-corrected chi connectivity index (χ4v) is 2.08. The molecular weight excluding hydrogens is 255 g/mol. The van der Waals surface area contributed by atoms with Crippen LogP contribution in [0.15, 0.2) is 42.6 Å². The molecule has 1 unspecified atom stereocenters. The molecular formula is C16H19FN2O. The fourth-order valence-electron chi connectivity index (χ4n) is 2.08. The first-order valence-corrected chi connectivity index (χ1v) is 6.65. The number of nitrogens with one attached hydrogen (secondary N) is 1. The zero-order chi connectivity index (χ0) is 14.5. The van der Waals surface area contributed by atoms with Gasteiger partial charge in [-0.15, -0.1) is 0 Å². The number of halogens is 1. The van der Waals surface area contributed by atoms with Crippen LogP contribution in [0.4, 0.5) is 4.39 Å². The summed E-state index contributed by atoms with van der Waals surface area (Å²) in [5.41, 5.74) is 1.81. The van der Waals surface area contributed by atoms with Gasteiger partial charge in [-0.05, 0) is 50.7 Å². The highest BCUT2D eigenvalue weighted by Crippen LogP contribution is 2.24. The van der Waals surface area contributed by atoms with Crippen molar-refractivity contribution in [1.29, 1.82) is 0 Å². The molecule has 1 atom stereocenters. The second kappa shape index (κ2) is 6.48. The summed E-state index contributed by atoms with van der Waals surface area (Å²) in [6.07, 6.45) is 1.36. The number of pyridine rings is 1. The third kappa shape index (κ3) is 3.54. The molecule has 106 valence electrons. The van der Waals surface area contributed by atoms with Gasteiger partial charge in [-0.3, -0.25) is 4.98 Å². The number of nitrogens with zero attached hydrogens (tertiary/aromatic N) is 1. The fraction of sp³-hybridized carbons (Fsp3) is 0.312. The highest BCUT2D eigenvalue weighted by atomic mass is 19.1. The number of ether oxygens (including phenoxy) is 1. The van der Waals surface area contributed by atoms with Crippen LogP contribution in [0.2, 0.25) is 0 Å². The van der Waals surface area contributed by atoms with Gasteiger partial charge in [0, 0.05) is 0 Å². The standard InChI is InChI=1S/C16H19FN2O/c1-11(2)20-14-6-4-5-12(9-14)16(18-3)15-8-7-13(17)10-19-15/h4-11,16,18H,1-3H3. The monoisotopic (exact) mass is 274 g/mol. The molecule has 0 fully saturated rings. The highest BCUT2D eigenvalue weighted by molar-refractivity contribution is 5.34. The Hall–Kier alpha value is -1.94.